The number of thiophene rings is 1. The molecule has 5 aromatic rings. The van der Waals surface area contributed by atoms with Crippen molar-refractivity contribution in [2.45, 2.75) is 6.92 Å². The highest BCUT2D eigenvalue weighted by Crippen LogP contribution is 2.38. The molecule has 2 aromatic heterocycles. The van der Waals surface area contributed by atoms with Gasteiger partial charge in [0.1, 0.15) is 0 Å². The molecule has 3 aromatic carbocycles. The predicted molar refractivity (Wildman–Crippen MR) is 149 cm³/mol. The predicted octanol–water partition coefficient (Wildman–Crippen LogP) is 7.61. The van der Waals surface area contributed by atoms with Crippen molar-refractivity contribution in [2.24, 2.45) is 0 Å². The summed E-state index contributed by atoms with van der Waals surface area (Å²) in [6, 6.07) is 36.0. The van der Waals surface area contributed by atoms with Gasteiger partial charge in [0.25, 0.3) is 0 Å². The van der Waals surface area contributed by atoms with Crippen molar-refractivity contribution >= 4 is 40.6 Å². The Bertz CT molecular complexity index is 1420. The van der Waals surface area contributed by atoms with E-state index < -0.39 is 0 Å². The fourth-order valence-electron chi connectivity index (χ4n) is 4.17. The lowest BCUT2D eigenvalue weighted by Gasteiger charge is -2.17. The van der Waals surface area contributed by atoms with Gasteiger partial charge in [-0.15, -0.1) is 11.3 Å². The number of nitrogens with zero attached hydrogens (tertiary/aromatic N) is 2. The van der Waals surface area contributed by atoms with Crippen molar-refractivity contribution in [3.05, 3.63) is 147 Å². The van der Waals surface area contributed by atoms with E-state index in [-0.39, 0.29) is 0 Å². The molecule has 0 fully saturated rings. The molecule has 3 nitrogen and oxygen atoms in total. The molecule has 0 amide bonds. The zero-order chi connectivity index (χ0) is 24.0. The number of hydrogen-bond donors (Lipinski definition) is 1. The van der Waals surface area contributed by atoms with Crippen LogP contribution in [0.4, 0.5) is 5.95 Å². The molecule has 0 saturated carbocycles. The second-order valence-electron chi connectivity index (χ2n) is 8.21. The Hall–Kier alpha value is -4.28. The SMILES string of the molecule is Cc1cc(C=Cc2cc(C(=C(c3ccccc3)c3ccccc3)c3ccccc3)cs2)nc(N)n1. The van der Waals surface area contributed by atoms with Crippen LogP contribution >= 0.6 is 11.3 Å². The summed E-state index contributed by atoms with van der Waals surface area (Å²) in [6.45, 7) is 1.92. The van der Waals surface area contributed by atoms with Gasteiger partial charge in [0.15, 0.2) is 0 Å². The molecular weight excluding hydrogens is 446 g/mol. The molecule has 0 radical (unpaired) electrons. The van der Waals surface area contributed by atoms with Crippen LogP contribution in [-0.4, -0.2) is 9.97 Å². The van der Waals surface area contributed by atoms with Crippen molar-refractivity contribution in [1.29, 1.82) is 0 Å². The van der Waals surface area contributed by atoms with Crippen molar-refractivity contribution < 1.29 is 0 Å². The third-order valence-corrected chi connectivity index (χ3v) is 6.55. The lowest BCUT2D eigenvalue weighted by atomic mass is 9.86. The molecule has 0 spiro atoms. The Labute approximate surface area is 210 Å². The maximum atomic E-state index is 5.82. The van der Waals surface area contributed by atoms with Crippen molar-refractivity contribution in [2.75, 3.05) is 5.73 Å². The van der Waals surface area contributed by atoms with E-state index in [1.165, 1.54) is 33.4 Å². The van der Waals surface area contributed by atoms with Gasteiger partial charge < -0.3 is 5.73 Å². The maximum Gasteiger partial charge on any atom is 0.220 e. The molecule has 2 heterocycles. The van der Waals surface area contributed by atoms with Crippen molar-refractivity contribution in [3.8, 4) is 0 Å². The van der Waals surface area contributed by atoms with Gasteiger partial charge in [-0.1, -0.05) is 91.0 Å². The molecule has 2 N–H and O–H groups in total. The minimum Gasteiger partial charge on any atom is -0.368 e. The molecule has 170 valence electrons. The van der Waals surface area contributed by atoms with Gasteiger partial charge in [-0.3, -0.25) is 0 Å². The fourth-order valence-corrected chi connectivity index (χ4v) is 4.96. The Morgan fingerprint density at radius 3 is 1.69 bits per heavy atom. The van der Waals surface area contributed by atoms with Crippen LogP contribution in [0.5, 0.6) is 0 Å². The lowest BCUT2D eigenvalue weighted by molar-refractivity contribution is 1.11. The number of hydrogen-bond acceptors (Lipinski definition) is 4. The maximum absolute atomic E-state index is 5.82. The normalized spacial score (nSPS) is 11.0. The average molecular weight is 472 g/mol. The van der Waals surface area contributed by atoms with E-state index in [1.807, 2.05) is 19.1 Å². The minimum absolute atomic E-state index is 0.293. The standard InChI is InChI=1S/C31H25N3S/c1-22-19-27(34-31(32)33-22)17-18-28-20-26(21-35-28)30(25-15-9-4-10-16-25)29(23-11-5-2-6-12-23)24-13-7-3-8-14-24/h2-21H,1H3,(H2,32,33,34). The topological polar surface area (TPSA) is 51.8 Å². The Morgan fingerprint density at radius 1 is 0.657 bits per heavy atom. The van der Waals surface area contributed by atoms with Crippen molar-refractivity contribution in [1.82, 2.24) is 9.97 Å². The van der Waals surface area contributed by atoms with Gasteiger partial charge in [-0.05, 0) is 70.0 Å². The first-order valence-corrected chi connectivity index (χ1v) is 12.3. The van der Waals surface area contributed by atoms with Crippen LogP contribution in [0.3, 0.4) is 0 Å². The van der Waals surface area contributed by atoms with Crippen LogP contribution in [0, 0.1) is 6.92 Å². The molecule has 0 saturated heterocycles. The molecule has 5 rings (SSSR count). The third-order valence-electron chi connectivity index (χ3n) is 5.66. The molecule has 4 heteroatoms. The van der Waals surface area contributed by atoms with E-state index in [4.69, 9.17) is 5.73 Å². The van der Waals surface area contributed by atoms with E-state index >= 15 is 0 Å². The molecule has 0 unspecified atom stereocenters. The monoisotopic (exact) mass is 471 g/mol. The second kappa shape index (κ2) is 10.3. The van der Waals surface area contributed by atoms with Gasteiger partial charge >= 0.3 is 0 Å². The number of anilines is 1. The van der Waals surface area contributed by atoms with Gasteiger partial charge in [0, 0.05) is 10.6 Å². The number of aromatic nitrogens is 2. The smallest absolute Gasteiger partial charge is 0.220 e. The highest BCUT2D eigenvalue weighted by molar-refractivity contribution is 7.11. The molecule has 0 aliphatic rings. The lowest BCUT2D eigenvalue weighted by Crippen LogP contribution is -1.97. The highest BCUT2D eigenvalue weighted by Gasteiger charge is 2.17. The zero-order valence-electron chi connectivity index (χ0n) is 19.4. The molecule has 0 aliphatic carbocycles. The van der Waals surface area contributed by atoms with E-state index in [2.05, 4.69) is 118 Å². The van der Waals surface area contributed by atoms with Crippen LogP contribution in [0.2, 0.25) is 0 Å². The van der Waals surface area contributed by atoms with Crippen LogP contribution in [-0.2, 0) is 0 Å². The van der Waals surface area contributed by atoms with E-state index in [0.717, 1.165) is 16.3 Å². The average Bonchev–Trinajstić information content (AvgIpc) is 3.35. The van der Waals surface area contributed by atoms with Crippen molar-refractivity contribution in [3.63, 3.8) is 0 Å². The number of nitrogens with two attached hydrogens (primary N) is 1. The van der Waals surface area contributed by atoms with Crippen LogP contribution in [0.1, 0.15) is 38.5 Å². The molecular formula is C31H25N3S. The summed E-state index contributed by atoms with van der Waals surface area (Å²) in [5, 5.41) is 2.23. The second-order valence-corrected chi connectivity index (χ2v) is 9.15. The Morgan fingerprint density at radius 2 is 1.17 bits per heavy atom. The Balaban J connectivity index is 1.66. The first-order chi connectivity index (χ1) is 17.2. The third kappa shape index (κ3) is 5.29. The summed E-state index contributed by atoms with van der Waals surface area (Å²) in [4.78, 5) is 9.62. The quantitative estimate of drug-likeness (QED) is 0.259. The summed E-state index contributed by atoms with van der Waals surface area (Å²) in [5.41, 5.74) is 14.6. The van der Waals surface area contributed by atoms with E-state index in [0.29, 0.717) is 5.95 Å². The summed E-state index contributed by atoms with van der Waals surface area (Å²) >= 11 is 1.71. The number of nitrogen functional groups attached to an aromatic ring is 1. The molecule has 0 aliphatic heterocycles. The zero-order valence-corrected chi connectivity index (χ0v) is 20.2. The summed E-state index contributed by atoms with van der Waals surface area (Å²) in [5.74, 6) is 0.293. The van der Waals surface area contributed by atoms with E-state index in [9.17, 15) is 0 Å². The summed E-state index contributed by atoms with van der Waals surface area (Å²) in [6.07, 6.45) is 4.07. The van der Waals surface area contributed by atoms with E-state index in [1.54, 1.807) is 11.3 Å². The summed E-state index contributed by atoms with van der Waals surface area (Å²) < 4.78 is 0. The number of benzene rings is 3. The number of aryl methyl sites for hydroxylation is 1. The minimum atomic E-state index is 0.293. The van der Waals surface area contributed by atoms with Crippen LogP contribution in [0.15, 0.2) is 109 Å². The molecule has 35 heavy (non-hydrogen) atoms. The van der Waals surface area contributed by atoms with Gasteiger partial charge in [-0.2, -0.15) is 0 Å². The Kier molecular flexibility index (Phi) is 6.64. The largest absolute Gasteiger partial charge is 0.368 e. The van der Waals surface area contributed by atoms with Gasteiger partial charge in [0.05, 0.1) is 5.69 Å². The number of rotatable bonds is 6. The highest BCUT2D eigenvalue weighted by atomic mass is 32.1. The van der Waals surface area contributed by atoms with Crippen LogP contribution in [0.25, 0.3) is 23.3 Å². The first kappa shape index (κ1) is 22.5. The van der Waals surface area contributed by atoms with Crippen LogP contribution < -0.4 is 5.73 Å². The first-order valence-electron chi connectivity index (χ1n) is 11.5. The van der Waals surface area contributed by atoms with Gasteiger partial charge in [0.2, 0.25) is 5.95 Å². The van der Waals surface area contributed by atoms with Gasteiger partial charge in [-0.25, -0.2) is 9.97 Å². The molecule has 0 bridgehead atoms. The summed E-state index contributed by atoms with van der Waals surface area (Å²) in [7, 11) is 0. The molecule has 0 atom stereocenters. The fraction of sp³-hybridized carbons (Fsp3) is 0.0323.